The van der Waals surface area contributed by atoms with Crippen LogP contribution in [0.5, 0.6) is 5.75 Å². The van der Waals surface area contributed by atoms with E-state index < -0.39 is 0 Å². The number of hydrogen-bond acceptors (Lipinski definition) is 3. The molecule has 0 aromatic heterocycles. The number of amides is 1. The van der Waals surface area contributed by atoms with Gasteiger partial charge in [-0.15, -0.1) is 0 Å². The molecule has 6 nitrogen and oxygen atoms in total. The van der Waals surface area contributed by atoms with Gasteiger partial charge in [0, 0.05) is 37.6 Å². The van der Waals surface area contributed by atoms with Crippen molar-refractivity contribution in [1.29, 1.82) is 0 Å². The number of carbonyl (C=O) groups is 1. The molecule has 7 heteroatoms. The Bertz CT molecular complexity index is 562. The molecule has 0 spiro atoms. The quantitative estimate of drug-likeness (QED) is 0.466. The van der Waals surface area contributed by atoms with E-state index in [-0.39, 0.29) is 11.9 Å². The number of hydrogen-bond donors (Lipinski definition) is 2. The van der Waals surface area contributed by atoms with Gasteiger partial charge < -0.3 is 20.3 Å². The lowest BCUT2D eigenvalue weighted by molar-refractivity contribution is -0.129. The van der Waals surface area contributed by atoms with Gasteiger partial charge in [0.15, 0.2) is 5.96 Å². The van der Waals surface area contributed by atoms with E-state index >= 15 is 0 Å². The van der Waals surface area contributed by atoms with Gasteiger partial charge in [0.2, 0.25) is 5.91 Å². The molecule has 1 saturated heterocycles. The zero-order valence-electron chi connectivity index (χ0n) is 14.2. The number of guanidine groups is 1. The zero-order valence-corrected chi connectivity index (χ0v) is 15.0. The minimum atomic E-state index is 0.207. The summed E-state index contributed by atoms with van der Waals surface area (Å²) in [6.07, 6.45) is 1.50. The van der Waals surface area contributed by atoms with Crippen LogP contribution in [0.4, 0.5) is 0 Å². The third kappa shape index (κ3) is 5.60. The van der Waals surface area contributed by atoms with Gasteiger partial charge in [0.25, 0.3) is 0 Å². The lowest BCUT2D eigenvalue weighted by Gasteiger charge is -2.18. The average Bonchev–Trinajstić information content (AvgIpc) is 3.07. The lowest BCUT2D eigenvalue weighted by atomic mass is 10.3. The normalized spacial score (nSPS) is 17.7. The lowest BCUT2D eigenvalue weighted by Crippen LogP contribution is -2.46. The summed E-state index contributed by atoms with van der Waals surface area (Å²) in [5.74, 6) is 1.72. The predicted octanol–water partition coefficient (Wildman–Crippen LogP) is 1.89. The Morgan fingerprint density at radius 2 is 2.17 bits per heavy atom. The van der Waals surface area contributed by atoms with Gasteiger partial charge in [-0.25, -0.2) is 0 Å². The molecule has 1 aliphatic rings. The van der Waals surface area contributed by atoms with Crippen molar-refractivity contribution >= 4 is 23.5 Å². The van der Waals surface area contributed by atoms with Crippen molar-refractivity contribution in [1.82, 2.24) is 15.5 Å². The minimum Gasteiger partial charge on any atom is -0.492 e. The first-order valence-corrected chi connectivity index (χ1v) is 8.63. The Labute approximate surface area is 148 Å². The van der Waals surface area contributed by atoms with Gasteiger partial charge >= 0.3 is 0 Å². The predicted molar refractivity (Wildman–Crippen MR) is 96.7 cm³/mol. The van der Waals surface area contributed by atoms with Crippen LogP contribution in [0, 0.1) is 0 Å². The van der Waals surface area contributed by atoms with Crippen LogP contribution in [-0.2, 0) is 4.79 Å². The van der Waals surface area contributed by atoms with E-state index in [4.69, 9.17) is 16.3 Å². The van der Waals surface area contributed by atoms with Crippen molar-refractivity contribution in [2.24, 2.45) is 4.99 Å². The molecule has 1 aromatic carbocycles. The molecule has 1 unspecified atom stereocenters. The van der Waals surface area contributed by atoms with E-state index in [0.29, 0.717) is 24.6 Å². The zero-order chi connectivity index (χ0) is 17.4. The maximum absolute atomic E-state index is 11.7. The van der Waals surface area contributed by atoms with Crippen LogP contribution >= 0.6 is 11.6 Å². The number of nitrogens with zero attached hydrogens (tertiary/aromatic N) is 2. The van der Waals surface area contributed by atoms with E-state index in [0.717, 1.165) is 31.2 Å². The van der Waals surface area contributed by atoms with Gasteiger partial charge in [0.1, 0.15) is 12.4 Å². The molecule has 0 bridgehead atoms. The molecule has 2 N–H and O–H groups in total. The second-order valence-electron chi connectivity index (χ2n) is 5.62. The number of carbonyl (C=O) groups excluding carboxylic acids is 1. The van der Waals surface area contributed by atoms with Crippen molar-refractivity contribution in [3.8, 4) is 5.75 Å². The van der Waals surface area contributed by atoms with E-state index in [1.165, 1.54) is 0 Å². The highest BCUT2D eigenvalue weighted by atomic mass is 35.5. The van der Waals surface area contributed by atoms with E-state index in [1.54, 1.807) is 19.2 Å². The van der Waals surface area contributed by atoms with Crippen LogP contribution in [-0.4, -0.2) is 56.1 Å². The molecule has 1 atom stereocenters. The van der Waals surface area contributed by atoms with Crippen molar-refractivity contribution in [3.63, 3.8) is 0 Å². The molecule has 0 aliphatic carbocycles. The highest BCUT2D eigenvalue weighted by molar-refractivity contribution is 6.30. The van der Waals surface area contributed by atoms with Crippen LogP contribution < -0.4 is 15.4 Å². The summed E-state index contributed by atoms with van der Waals surface area (Å²) in [6, 6.07) is 7.52. The second-order valence-corrected chi connectivity index (χ2v) is 6.06. The second kappa shape index (κ2) is 9.37. The van der Waals surface area contributed by atoms with E-state index in [2.05, 4.69) is 15.6 Å². The molecule has 1 aromatic rings. The Morgan fingerprint density at radius 1 is 1.42 bits per heavy atom. The standard InChI is InChI=1S/C17H25ClN4O2/c1-3-16(23)22-10-8-14(12-22)21-17(19-2)20-9-11-24-15-6-4-13(18)5-7-15/h4-7,14H,3,8-12H2,1-2H3,(H2,19,20,21). The smallest absolute Gasteiger partial charge is 0.222 e. The third-order valence-electron chi connectivity index (χ3n) is 3.88. The number of likely N-dealkylation sites (tertiary alicyclic amines) is 1. The Balaban J connectivity index is 1.67. The minimum absolute atomic E-state index is 0.207. The van der Waals surface area contributed by atoms with Crippen LogP contribution in [0.2, 0.25) is 5.02 Å². The van der Waals surface area contributed by atoms with Gasteiger partial charge in [-0.2, -0.15) is 0 Å². The van der Waals surface area contributed by atoms with Crippen molar-refractivity contribution in [3.05, 3.63) is 29.3 Å². The summed E-state index contributed by atoms with van der Waals surface area (Å²) in [6.45, 7) is 4.58. The molecular formula is C17H25ClN4O2. The van der Waals surface area contributed by atoms with E-state index in [1.807, 2.05) is 24.0 Å². The summed E-state index contributed by atoms with van der Waals surface area (Å²) in [4.78, 5) is 17.8. The summed E-state index contributed by atoms with van der Waals surface area (Å²) < 4.78 is 5.63. The molecule has 0 radical (unpaired) electrons. The van der Waals surface area contributed by atoms with Crippen molar-refractivity contribution in [2.75, 3.05) is 33.3 Å². The molecule has 2 rings (SSSR count). The topological polar surface area (TPSA) is 66.0 Å². The summed E-state index contributed by atoms with van der Waals surface area (Å²) in [5.41, 5.74) is 0. The van der Waals surface area contributed by atoms with Crippen LogP contribution in [0.25, 0.3) is 0 Å². The molecule has 1 fully saturated rings. The number of benzene rings is 1. The first-order chi connectivity index (χ1) is 11.6. The fourth-order valence-electron chi connectivity index (χ4n) is 2.59. The van der Waals surface area contributed by atoms with Crippen molar-refractivity contribution < 1.29 is 9.53 Å². The Morgan fingerprint density at radius 3 is 2.83 bits per heavy atom. The average molecular weight is 353 g/mol. The maximum atomic E-state index is 11.7. The largest absolute Gasteiger partial charge is 0.492 e. The first-order valence-electron chi connectivity index (χ1n) is 8.25. The molecule has 0 saturated carbocycles. The summed E-state index contributed by atoms with van der Waals surface area (Å²) >= 11 is 5.84. The number of halogens is 1. The molecule has 24 heavy (non-hydrogen) atoms. The summed E-state index contributed by atoms with van der Waals surface area (Å²) in [5, 5.41) is 7.26. The fraction of sp³-hybridized carbons (Fsp3) is 0.529. The monoisotopic (exact) mass is 352 g/mol. The third-order valence-corrected chi connectivity index (χ3v) is 4.14. The Kier molecular flexibility index (Phi) is 7.18. The maximum Gasteiger partial charge on any atom is 0.222 e. The number of ether oxygens (including phenoxy) is 1. The number of rotatable bonds is 6. The highest BCUT2D eigenvalue weighted by Gasteiger charge is 2.25. The van der Waals surface area contributed by atoms with Crippen LogP contribution in [0.3, 0.4) is 0 Å². The Hall–Kier alpha value is -1.95. The van der Waals surface area contributed by atoms with Gasteiger partial charge in [-0.1, -0.05) is 18.5 Å². The first kappa shape index (κ1) is 18.4. The van der Waals surface area contributed by atoms with Gasteiger partial charge in [-0.3, -0.25) is 9.79 Å². The molecular weight excluding hydrogens is 328 g/mol. The molecule has 1 heterocycles. The number of nitrogens with one attached hydrogen (secondary N) is 2. The van der Waals surface area contributed by atoms with Gasteiger partial charge in [-0.05, 0) is 30.7 Å². The molecule has 1 amide bonds. The van der Waals surface area contributed by atoms with Crippen LogP contribution in [0.15, 0.2) is 29.3 Å². The fourth-order valence-corrected chi connectivity index (χ4v) is 2.71. The number of aliphatic imine (C=N–C) groups is 1. The summed E-state index contributed by atoms with van der Waals surface area (Å²) in [7, 11) is 1.74. The molecule has 132 valence electrons. The van der Waals surface area contributed by atoms with Crippen LogP contribution in [0.1, 0.15) is 19.8 Å². The highest BCUT2D eigenvalue weighted by Crippen LogP contribution is 2.15. The molecule has 1 aliphatic heterocycles. The van der Waals surface area contributed by atoms with Crippen molar-refractivity contribution in [2.45, 2.75) is 25.8 Å². The van der Waals surface area contributed by atoms with Gasteiger partial charge in [0.05, 0.1) is 6.54 Å². The van der Waals surface area contributed by atoms with E-state index in [9.17, 15) is 4.79 Å². The SMILES string of the molecule is CCC(=O)N1CCC(NC(=NC)NCCOc2ccc(Cl)cc2)C1.